The van der Waals surface area contributed by atoms with Crippen molar-refractivity contribution >= 4 is 51.6 Å². The van der Waals surface area contributed by atoms with Crippen LogP contribution in [-0.2, 0) is 0 Å². The fourth-order valence-electron chi connectivity index (χ4n) is 3.69. The summed E-state index contributed by atoms with van der Waals surface area (Å²) in [4.78, 5) is 9.00. The van der Waals surface area contributed by atoms with Crippen LogP contribution in [0.15, 0.2) is 35.1 Å². The summed E-state index contributed by atoms with van der Waals surface area (Å²) in [5.74, 6) is 0.573. The number of hydrogen-bond acceptors (Lipinski definition) is 5. The molecule has 6 nitrogen and oxygen atoms in total. The van der Waals surface area contributed by atoms with Gasteiger partial charge in [0, 0.05) is 21.8 Å². The van der Waals surface area contributed by atoms with Gasteiger partial charge in [0.25, 0.3) is 0 Å². The smallest absolute Gasteiger partial charge is 0.233 e. The third-order valence-electron chi connectivity index (χ3n) is 5.35. The zero-order valence-electron chi connectivity index (χ0n) is 14.4. The largest absolute Gasteiger partial charge is 0.471 e. The summed E-state index contributed by atoms with van der Waals surface area (Å²) in [7, 11) is 0. The third-order valence-corrected chi connectivity index (χ3v) is 5.84. The van der Waals surface area contributed by atoms with Gasteiger partial charge in [-0.2, -0.15) is 5.10 Å². The molecule has 0 amide bonds. The maximum Gasteiger partial charge on any atom is 0.233 e. The van der Waals surface area contributed by atoms with Crippen molar-refractivity contribution in [3.63, 3.8) is 0 Å². The van der Waals surface area contributed by atoms with Gasteiger partial charge in [-0.3, -0.25) is 10.1 Å². The quantitative estimate of drug-likeness (QED) is 0.598. The molecule has 2 N–H and O–H groups in total. The number of nitrogens with one attached hydrogen (secondary N) is 2. The van der Waals surface area contributed by atoms with Gasteiger partial charge in [-0.25, -0.2) is 4.98 Å². The lowest BCUT2D eigenvalue weighted by molar-refractivity contribution is 0.0844. The molecule has 3 heterocycles. The predicted molar refractivity (Wildman–Crippen MR) is 113 cm³/mol. The molecule has 144 valence electrons. The highest BCUT2D eigenvalue weighted by Crippen LogP contribution is 2.53. The van der Waals surface area contributed by atoms with Gasteiger partial charge in [-0.15, -0.1) is 24.8 Å². The molecular formula is C18H20BrCl2N5O. The van der Waals surface area contributed by atoms with Gasteiger partial charge in [-0.05, 0) is 44.0 Å². The number of rotatable bonds is 3. The highest BCUT2D eigenvalue weighted by atomic mass is 79.9. The number of ether oxygens (including phenoxy) is 1. The molecule has 0 bridgehead atoms. The second-order valence-corrected chi connectivity index (χ2v) is 7.84. The lowest BCUT2D eigenvalue weighted by Gasteiger charge is -2.32. The number of benzene rings is 1. The number of nitrogens with zero attached hydrogens (tertiary/aromatic N) is 3. The van der Waals surface area contributed by atoms with E-state index in [1.807, 2.05) is 18.2 Å². The number of fused-ring (bicyclic) bond motifs is 1. The van der Waals surface area contributed by atoms with Crippen molar-refractivity contribution in [2.24, 2.45) is 5.41 Å². The van der Waals surface area contributed by atoms with Crippen molar-refractivity contribution in [2.75, 3.05) is 13.1 Å². The number of hydrogen-bond donors (Lipinski definition) is 2. The molecule has 0 radical (unpaired) electrons. The molecule has 1 saturated carbocycles. The van der Waals surface area contributed by atoms with E-state index >= 15 is 0 Å². The van der Waals surface area contributed by atoms with Crippen molar-refractivity contribution in [1.82, 2.24) is 25.5 Å². The van der Waals surface area contributed by atoms with Crippen LogP contribution in [0.2, 0.25) is 0 Å². The highest BCUT2D eigenvalue weighted by molar-refractivity contribution is 9.10. The molecule has 1 spiro atoms. The summed E-state index contributed by atoms with van der Waals surface area (Å²) in [5, 5.41) is 11.9. The van der Waals surface area contributed by atoms with E-state index in [1.54, 1.807) is 12.4 Å². The van der Waals surface area contributed by atoms with Crippen molar-refractivity contribution in [3.05, 3.63) is 35.1 Å². The summed E-state index contributed by atoms with van der Waals surface area (Å²) >= 11 is 3.51. The predicted octanol–water partition coefficient (Wildman–Crippen LogP) is 4.15. The maximum atomic E-state index is 6.22. The Kier molecular flexibility index (Phi) is 5.96. The van der Waals surface area contributed by atoms with Crippen LogP contribution in [0, 0.1) is 5.41 Å². The lowest BCUT2D eigenvalue weighted by Crippen LogP contribution is -2.45. The highest BCUT2D eigenvalue weighted by Gasteiger charge is 2.52. The molecule has 9 heteroatoms. The molecule has 5 rings (SSSR count). The minimum atomic E-state index is 0. The minimum Gasteiger partial charge on any atom is -0.471 e. The first kappa shape index (κ1) is 20.3. The summed E-state index contributed by atoms with van der Waals surface area (Å²) in [6.07, 6.45) is 7.29. The number of aromatic amines is 1. The van der Waals surface area contributed by atoms with Crippen LogP contribution in [0.4, 0.5) is 0 Å². The molecular weight excluding hydrogens is 453 g/mol. The normalized spacial score (nSPS) is 20.0. The van der Waals surface area contributed by atoms with Crippen LogP contribution < -0.4 is 10.1 Å². The first-order chi connectivity index (χ1) is 12.2. The molecule has 0 unspecified atom stereocenters. The zero-order valence-corrected chi connectivity index (χ0v) is 17.7. The molecule has 1 saturated heterocycles. The van der Waals surface area contributed by atoms with Crippen LogP contribution in [-0.4, -0.2) is 39.4 Å². The summed E-state index contributed by atoms with van der Waals surface area (Å²) < 4.78 is 7.23. The van der Waals surface area contributed by atoms with Gasteiger partial charge in [0.05, 0.1) is 17.9 Å². The molecule has 3 aromatic rings. The Morgan fingerprint density at radius 2 is 2.00 bits per heavy atom. The average molecular weight is 473 g/mol. The van der Waals surface area contributed by atoms with E-state index in [-0.39, 0.29) is 30.9 Å². The van der Waals surface area contributed by atoms with Gasteiger partial charge in [0.1, 0.15) is 17.5 Å². The topological polar surface area (TPSA) is 75.7 Å². The van der Waals surface area contributed by atoms with Gasteiger partial charge < -0.3 is 10.1 Å². The minimum absolute atomic E-state index is 0. The van der Waals surface area contributed by atoms with Crippen molar-refractivity contribution in [2.45, 2.75) is 25.4 Å². The Bertz CT molecular complexity index is 946. The van der Waals surface area contributed by atoms with E-state index in [4.69, 9.17) is 4.74 Å². The summed E-state index contributed by atoms with van der Waals surface area (Å²) in [5.41, 5.74) is 2.83. The SMILES string of the molecule is Brc1ccc2[nH]nc(-c3cncc(O[C@H]4CNCCC45CC5)n3)c2c1.Cl.Cl. The molecule has 1 atom stereocenters. The van der Waals surface area contributed by atoms with E-state index in [0.717, 1.165) is 39.9 Å². The van der Waals surface area contributed by atoms with Crippen LogP contribution in [0.1, 0.15) is 19.3 Å². The Balaban J connectivity index is 0.00000105. The maximum absolute atomic E-state index is 6.22. The Hall–Kier alpha value is -1.41. The Morgan fingerprint density at radius 3 is 2.81 bits per heavy atom. The first-order valence-corrected chi connectivity index (χ1v) is 9.36. The molecule has 1 aliphatic heterocycles. The van der Waals surface area contributed by atoms with E-state index in [0.29, 0.717) is 11.3 Å². The van der Waals surface area contributed by atoms with Crippen molar-refractivity contribution in [3.8, 4) is 17.3 Å². The zero-order chi connectivity index (χ0) is 16.9. The second-order valence-electron chi connectivity index (χ2n) is 6.93. The molecule has 27 heavy (non-hydrogen) atoms. The van der Waals surface area contributed by atoms with Crippen LogP contribution in [0.5, 0.6) is 5.88 Å². The monoisotopic (exact) mass is 471 g/mol. The van der Waals surface area contributed by atoms with E-state index in [9.17, 15) is 0 Å². The van der Waals surface area contributed by atoms with Gasteiger partial charge in [0.2, 0.25) is 5.88 Å². The van der Waals surface area contributed by atoms with Crippen molar-refractivity contribution in [1.29, 1.82) is 0 Å². The standard InChI is InChI=1S/C18H18BrN5O.2ClH/c19-11-1-2-13-12(7-11)17(24-23-13)14-8-21-10-16(22-14)25-15-9-20-6-5-18(15)3-4-18;;/h1-2,7-8,10,15,20H,3-6,9H2,(H,23,24);2*1H/t15-;;/m0../s1. The van der Waals surface area contributed by atoms with E-state index in [1.165, 1.54) is 19.3 Å². The van der Waals surface area contributed by atoms with Gasteiger partial charge in [-0.1, -0.05) is 15.9 Å². The van der Waals surface area contributed by atoms with E-state index < -0.39 is 0 Å². The third kappa shape index (κ3) is 3.78. The summed E-state index contributed by atoms with van der Waals surface area (Å²) in [6, 6.07) is 6.02. The fraction of sp³-hybridized carbons (Fsp3) is 0.389. The number of halogens is 3. The lowest BCUT2D eigenvalue weighted by atomic mass is 9.92. The first-order valence-electron chi connectivity index (χ1n) is 8.57. The number of piperidine rings is 1. The van der Waals surface area contributed by atoms with Crippen LogP contribution >= 0.6 is 40.7 Å². The Labute approximate surface area is 177 Å². The molecule has 2 aliphatic rings. The fourth-order valence-corrected chi connectivity index (χ4v) is 4.05. The van der Waals surface area contributed by atoms with Crippen molar-refractivity contribution < 1.29 is 4.74 Å². The molecule has 2 aromatic heterocycles. The van der Waals surface area contributed by atoms with Crippen LogP contribution in [0.3, 0.4) is 0 Å². The van der Waals surface area contributed by atoms with Crippen LogP contribution in [0.25, 0.3) is 22.3 Å². The number of H-pyrrole nitrogens is 1. The average Bonchev–Trinajstić information content (AvgIpc) is 3.27. The van der Waals surface area contributed by atoms with Gasteiger partial charge >= 0.3 is 0 Å². The van der Waals surface area contributed by atoms with E-state index in [2.05, 4.69) is 41.4 Å². The molecule has 2 fully saturated rings. The molecule has 1 aliphatic carbocycles. The number of aromatic nitrogens is 4. The second kappa shape index (κ2) is 7.91. The van der Waals surface area contributed by atoms with Gasteiger partial charge in [0.15, 0.2) is 0 Å². The summed E-state index contributed by atoms with van der Waals surface area (Å²) in [6.45, 7) is 1.96. The Morgan fingerprint density at radius 1 is 1.15 bits per heavy atom. The molecule has 1 aromatic carbocycles.